The second-order valence-electron chi connectivity index (χ2n) is 5.49. The van der Waals surface area contributed by atoms with E-state index in [1.54, 1.807) is 19.1 Å². The van der Waals surface area contributed by atoms with E-state index in [-0.39, 0.29) is 11.3 Å². The second kappa shape index (κ2) is 5.92. The lowest BCUT2D eigenvalue weighted by molar-refractivity contribution is 0.210. The summed E-state index contributed by atoms with van der Waals surface area (Å²) in [6.07, 6.45) is 0. The highest BCUT2D eigenvalue weighted by atomic mass is 32.2. The van der Waals surface area contributed by atoms with Gasteiger partial charge in [0.15, 0.2) is 9.84 Å². The Hall–Kier alpha value is -1.07. The lowest BCUT2D eigenvalue weighted by atomic mass is 10.0. The Kier molecular flexibility index (Phi) is 4.98. The summed E-state index contributed by atoms with van der Waals surface area (Å²) in [5.74, 6) is 0.132. The van der Waals surface area contributed by atoms with Crippen molar-refractivity contribution in [2.75, 3.05) is 31.7 Å². The molecule has 0 aliphatic rings. The van der Waals surface area contributed by atoms with E-state index in [4.69, 9.17) is 0 Å². The third-order valence-electron chi connectivity index (χ3n) is 3.53. The van der Waals surface area contributed by atoms with Crippen LogP contribution in [0.4, 0.5) is 5.69 Å². The molecule has 5 heteroatoms. The molecular formula is C14H24N2O2S. The summed E-state index contributed by atoms with van der Waals surface area (Å²) in [6, 6.07) is 6.94. The summed E-state index contributed by atoms with van der Waals surface area (Å²) in [5, 5.41) is 3.33. The largest absolute Gasteiger partial charge is 0.383 e. The molecular weight excluding hydrogens is 260 g/mol. The predicted octanol–water partition coefficient (Wildman–Crippen LogP) is 2.23. The van der Waals surface area contributed by atoms with Crippen LogP contribution in [0.5, 0.6) is 0 Å². The van der Waals surface area contributed by atoms with Crippen molar-refractivity contribution in [1.29, 1.82) is 0 Å². The van der Waals surface area contributed by atoms with Crippen molar-refractivity contribution in [3.05, 3.63) is 24.3 Å². The summed E-state index contributed by atoms with van der Waals surface area (Å²) >= 11 is 0. The quantitative estimate of drug-likeness (QED) is 0.870. The van der Waals surface area contributed by atoms with Crippen LogP contribution in [0.2, 0.25) is 0 Å². The Morgan fingerprint density at radius 3 is 2.11 bits per heavy atom. The molecule has 0 unspecified atom stereocenters. The molecule has 0 aliphatic carbocycles. The zero-order valence-corrected chi connectivity index (χ0v) is 13.2. The first-order chi connectivity index (χ1) is 8.69. The Morgan fingerprint density at radius 1 is 1.16 bits per heavy atom. The molecule has 1 aromatic rings. The van der Waals surface area contributed by atoms with Crippen LogP contribution < -0.4 is 5.32 Å². The molecule has 1 rings (SSSR count). The SMILES string of the molecule is CCS(=O)(=O)c1ccc(NCC(C)(C)N(C)C)cc1. The third-order valence-corrected chi connectivity index (χ3v) is 5.28. The number of sulfone groups is 1. The molecule has 108 valence electrons. The van der Waals surface area contributed by atoms with Gasteiger partial charge in [0.1, 0.15) is 0 Å². The van der Waals surface area contributed by atoms with Gasteiger partial charge in [0, 0.05) is 17.8 Å². The molecule has 1 N–H and O–H groups in total. The number of benzene rings is 1. The van der Waals surface area contributed by atoms with E-state index >= 15 is 0 Å². The number of hydrogen-bond acceptors (Lipinski definition) is 4. The van der Waals surface area contributed by atoms with Crippen molar-refractivity contribution in [2.45, 2.75) is 31.2 Å². The maximum atomic E-state index is 11.7. The van der Waals surface area contributed by atoms with Gasteiger partial charge >= 0.3 is 0 Å². The van der Waals surface area contributed by atoms with Gasteiger partial charge < -0.3 is 10.2 Å². The molecule has 0 amide bonds. The van der Waals surface area contributed by atoms with E-state index in [9.17, 15) is 8.42 Å². The molecule has 19 heavy (non-hydrogen) atoms. The lowest BCUT2D eigenvalue weighted by Crippen LogP contribution is -2.44. The highest BCUT2D eigenvalue weighted by Crippen LogP contribution is 2.17. The molecule has 0 aliphatic heterocycles. The van der Waals surface area contributed by atoms with Crippen LogP contribution in [0, 0.1) is 0 Å². The van der Waals surface area contributed by atoms with Crippen LogP contribution in [-0.2, 0) is 9.84 Å². The minimum absolute atomic E-state index is 0.0359. The molecule has 0 aromatic heterocycles. The van der Waals surface area contributed by atoms with E-state index in [1.165, 1.54) is 0 Å². The van der Waals surface area contributed by atoms with Crippen molar-refractivity contribution in [3.8, 4) is 0 Å². The molecule has 0 heterocycles. The fraction of sp³-hybridized carbons (Fsp3) is 0.571. The summed E-state index contributed by atoms with van der Waals surface area (Å²) < 4.78 is 23.4. The van der Waals surface area contributed by atoms with Gasteiger partial charge in [-0.25, -0.2) is 8.42 Å². The molecule has 0 spiro atoms. The number of rotatable bonds is 6. The molecule has 1 aromatic carbocycles. The first kappa shape index (κ1) is 16.0. The van der Waals surface area contributed by atoms with E-state index in [2.05, 4.69) is 24.1 Å². The van der Waals surface area contributed by atoms with Gasteiger partial charge in [-0.2, -0.15) is 0 Å². The minimum Gasteiger partial charge on any atom is -0.383 e. The fourth-order valence-electron chi connectivity index (χ4n) is 1.42. The number of anilines is 1. The van der Waals surface area contributed by atoms with Gasteiger partial charge in [0.25, 0.3) is 0 Å². The summed E-state index contributed by atoms with van der Waals surface area (Å²) in [5.41, 5.74) is 0.971. The maximum absolute atomic E-state index is 11.7. The first-order valence-corrected chi connectivity index (χ1v) is 8.08. The normalized spacial score (nSPS) is 12.7. The van der Waals surface area contributed by atoms with E-state index in [1.807, 2.05) is 26.2 Å². The van der Waals surface area contributed by atoms with Crippen LogP contribution in [0.3, 0.4) is 0 Å². The highest BCUT2D eigenvalue weighted by molar-refractivity contribution is 7.91. The Labute approximate surface area is 116 Å². The number of nitrogens with one attached hydrogen (secondary N) is 1. The van der Waals surface area contributed by atoms with Gasteiger partial charge in [-0.15, -0.1) is 0 Å². The van der Waals surface area contributed by atoms with Crippen molar-refractivity contribution >= 4 is 15.5 Å². The second-order valence-corrected chi connectivity index (χ2v) is 7.77. The predicted molar refractivity (Wildman–Crippen MR) is 80.4 cm³/mol. The molecule has 0 saturated heterocycles. The Balaban J connectivity index is 2.74. The van der Waals surface area contributed by atoms with E-state index < -0.39 is 9.84 Å². The van der Waals surface area contributed by atoms with Crippen LogP contribution >= 0.6 is 0 Å². The number of likely N-dealkylation sites (N-methyl/N-ethyl adjacent to an activating group) is 1. The molecule has 0 atom stereocenters. The summed E-state index contributed by atoms with van der Waals surface area (Å²) in [7, 11) is 0.973. The minimum atomic E-state index is -3.11. The van der Waals surface area contributed by atoms with E-state index in [0.29, 0.717) is 4.90 Å². The molecule has 0 fully saturated rings. The molecule has 0 saturated carbocycles. The van der Waals surface area contributed by atoms with Gasteiger partial charge in [0.2, 0.25) is 0 Å². The number of nitrogens with zero attached hydrogens (tertiary/aromatic N) is 1. The smallest absolute Gasteiger partial charge is 0.178 e. The van der Waals surface area contributed by atoms with Crippen molar-refractivity contribution in [1.82, 2.24) is 4.90 Å². The van der Waals surface area contributed by atoms with Crippen molar-refractivity contribution in [2.24, 2.45) is 0 Å². The van der Waals surface area contributed by atoms with Gasteiger partial charge in [0.05, 0.1) is 10.6 Å². The Bertz CT molecular complexity index is 505. The van der Waals surface area contributed by atoms with Crippen LogP contribution in [0.15, 0.2) is 29.2 Å². The number of hydrogen-bond donors (Lipinski definition) is 1. The van der Waals surface area contributed by atoms with Crippen LogP contribution in [0.1, 0.15) is 20.8 Å². The monoisotopic (exact) mass is 284 g/mol. The maximum Gasteiger partial charge on any atom is 0.178 e. The van der Waals surface area contributed by atoms with Crippen LogP contribution in [0.25, 0.3) is 0 Å². The van der Waals surface area contributed by atoms with Gasteiger partial charge in [-0.3, -0.25) is 0 Å². The Morgan fingerprint density at radius 2 is 1.68 bits per heavy atom. The average Bonchev–Trinajstić information content (AvgIpc) is 2.37. The summed E-state index contributed by atoms with van der Waals surface area (Å²) in [4.78, 5) is 2.53. The van der Waals surface area contributed by atoms with Crippen LogP contribution in [-0.4, -0.2) is 45.2 Å². The lowest BCUT2D eigenvalue weighted by Gasteiger charge is -2.33. The zero-order valence-electron chi connectivity index (χ0n) is 12.4. The van der Waals surface area contributed by atoms with Gasteiger partial charge in [-0.05, 0) is 52.2 Å². The van der Waals surface area contributed by atoms with E-state index in [0.717, 1.165) is 12.2 Å². The topological polar surface area (TPSA) is 49.4 Å². The van der Waals surface area contributed by atoms with Crippen molar-refractivity contribution < 1.29 is 8.42 Å². The van der Waals surface area contributed by atoms with Gasteiger partial charge in [-0.1, -0.05) is 6.92 Å². The zero-order chi connectivity index (χ0) is 14.7. The standard InChI is InChI=1S/C14H24N2O2S/c1-6-19(17,18)13-9-7-12(8-10-13)15-11-14(2,3)16(4)5/h7-10,15H,6,11H2,1-5H3. The third kappa shape index (κ3) is 4.21. The van der Waals surface area contributed by atoms with Crippen molar-refractivity contribution in [3.63, 3.8) is 0 Å². The summed E-state index contributed by atoms with van der Waals surface area (Å²) in [6.45, 7) is 6.74. The average molecular weight is 284 g/mol. The molecule has 0 radical (unpaired) electrons. The fourth-order valence-corrected chi connectivity index (χ4v) is 2.31. The first-order valence-electron chi connectivity index (χ1n) is 6.43. The molecule has 4 nitrogen and oxygen atoms in total. The molecule has 0 bridgehead atoms. The highest BCUT2D eigenvalue weighted by Gasteiger charge is 2.19.